The summed E-state index contributed by atoms with van der Waals surface area (Å²) in [5, 5.41) is 4.78. The van der Waals surface area contributed by atoms with Crippen molar-refractivity contribution >= 4 is 23.2 Å². The van der Waals surface area contributed by atoms with Crippen molar-refractivity contribution in [1.82, 2.24) is 10.3 Å². The van der Waals surface area contributed by atoms with E-state index in [2.05, 4.69) is 22.4 Å². The fraction of sp³-hybridized carbons (Fsp3) is 0.467. The molecule has 1 saturated heterocycles. The number of hydrogen-bond acceptors (Lipinski definition) is 3. The fourth-order valence-electron chi connectivity index (χ4n) is 2.29. The van der Waals surface area contributed by atoms with Gasteiger partial charge in [-0.1, -0.05) is 24.6 Å². The lowest BCUT2D eigenvalue weighted by atomic mass is 10.1. The van der Waals surface area contributed by atoms with Gasteiger partial charge in [0.25, 0.3) is 5.91 Å². The van der Waals surface area contributed by atoms with E-state index in [4.69, 9.17) is 11.6 Å². The van der Waals surface area contributed by atoms with Crippen molar-refractivity contribution in [2.75, 3.05) is 19.6 Å². The second-order valence-electron chi connectivity index (χ2n) is 4.97. The van der Waals surface area contributed by atoms with Gasteiger partial charge in [0, 0.05) is 42.2 Å². The van der Waals surface area contributed by atoms with Gasteiger partial charge in [-0.3, -0.25) is 4.79 Å². The maximum atomic E-state index is 11.9. The van der Waals surface area contributed by atoms with E-state index in [-0.39, 0.29) is 5.91 Å². The Balaban J connectivity index is 1.86. The van der Waals surface area contributed by atoms with Crippen molar-refractivity contribution in [2.24, 2.45) is 5.10 Å². The van der Waals surface area contributed by atoms with Crippen LogP contribution in [-0.2, 0) is 0 Å². The van der Waals surface area contributed by atoms with E-state index in [1.54, 1.807) is 24.3 Å². The molecule has 2 rings (SSSR count). The Morgan fingerprint density at radius 2 is 2.15 bits per heavy atom. The third-order valence-electron chi connectivity index (χ3n) is 3.38. The van der Waals surface area contributed by atoms with E-state index in [0.717, 1.165) is 38.2 Å². The molecule has 1 amide bonds. The number of piperidine rings is 1. The van der Waals surface area contributed by atoms with Crippen LogP contribution in [0, 0.1) is 0 Å². The zero-order valence-electron chi connectivity index (χ0n) is 11.7. The zero-order valence-corrected chi connectivity index (χ0v) is 12.5. The standard InChI is InChI=1S/C15H20ClN3O/c1-2-8-19-9-6-14(7-10-19)17-18-15(20)12-4-3-5-13(16)11-12/h3-5,11H,2,6-10H2,1H3,(H,18,20). The summed E-state index contributed by atoms with van der Waals surface area (Å²) in [6.45, 7) is 5.39. The molecule has 0 atom stereocenters. The summed E-state index contributed by atoms with van der Waals surface area (Å²) >= 11 is 5.86. The van der Waals surface area contributed by atoms with Gasteiger partial charge < -0.3 is 4.90 Å². The normalized spacial score (nSPS) is 16.0. The van der Waals surface area contributed by atoms with E-state index >= 15 is 0 Å². The molecule has 1 N–H and O–H groups in total. The number of hydrazone groups is 1. The van der Waals surface area contributed by atoms with E-state index in [1.807, 2.05) is 0 Å². The van der Waals surface area contributed by atoms with Gasteiger partial charge in [0.1, 0.15) is 0 Å². The minimum Gasteiger partial charge on any atom is -0.303 e. The van der Waals surface area contributed by atoms with Crippen LogP contribution < -0.4 is 5.43 Å². The second kappa shape index (κ2) is 7.41. The number of nitrogens with zero attached hydrogens (tertiary/aromatic N) is 2. The monoisotopic (exact) mass is 293 g/mol. The Hall–Kier alpha value is -1.39. The molecule has 108 valence electrons. The Morgan fingerprint density at radius 3 is 2.80 bits per heavy atom. The largest absolute Gasteiger partial charge is 0.303 e. The van der Waals surface area contributed by atoms with Crippen molar-refractivity contribution in [3.8, 4) is 0 Å². The Kier molecular flexibility index (Phi) is 5.56. The van der Waals surface area contributed by atoms with Crippen LogP contribution in [0.2, 0.25) is 5.02 Å². The molecular weight excluding hydrogens is 274 g/mol. The lowest BCUT2D eigenvalue weighted by Gasteiger charge is -2.26. The molecule has 0 bridgehead atoms. The third kappa shape index (κ3) is 4.32. The molecule has 1 aromatic rings. The summed E-state index contributed by atoms with van der Waals surface area (Å²) in [6, 6.07) is 6.87. The van der Waals surface area contributed by atoms with Crippen LogP contribution in [-0.4, -0.2) is 36.2 Å². The molecule has 0 saturated carbocycles. The number of hydrogen-bond donors (Lipinski definition) is 1. The first kappa shape index (κ1) is 15.0. The van der Waals surface area contributed by atoms with Crippen LogP contribution >= 0.6 is 11.6 Å². The molecule has 4 nitrogen and oxygen atoms in total. The molecule has 0 aliphatic carbocycles. The minimum atomic E-state index is -0.212. The molecule has 0 aromatic heterocycles. The topological polar surface area (TPSA) is 44.7 Å². The Bertz CT molecular complexity index is 492. The van der Waals surface area contributed by atoms with Crippen LogP contribution in [0.15, 0.2) is 29.4 Å². The summed E-state index contributed by atoms with van der Waals surface area (Å²) < 4.78 is 0. The van der Waals surface area contributed by atoms with E-state index < -0.39 is 0 Å². The Labute approximate surface area is 124 Å². The summed E-state index contributed by atoms with van der Waals surface area (Å²) in [5.41, 5.74) is 4.21. The highest BCUT2D eigenvalue weighted by atomic mass is 35.5. The Morgan fingerprint density at radius 1 is 1.40 bits per heavy atom. The molecule has 20 heavy (non-hydrogen) atoms. The summed E-state index contributed by atoms with van der Waals surface area (Å²) in [5.74, 6) is -0.212. The van der Waals surface area contributed by atoms with Crippen molar-refractivity contribution in [3.05, 3.63) is 34.9 Å². The van der Waals surface area contributed by atoms with Gasteiger partial charge in [-0.05, 0) is 31.2 Å². The molecule has 0 spiro atoms. The van der Waals surface area contributed by atoms with Gasteiger partial charge in [0.2, 0.25) is 0 Å². The minimum absolute atomic E-state index is 0.212. The van der Waals surface area contributed by atoms with Gasteiger partial charge in [0.15, 0.2) is 0 Å². The lowest BCUT2D eigenvalue weighted by molar-refractivity contribution is 0.0954. The first-order chi connectivity index (χ1) is 9.69. The van der Waals surface area contributed by atoms with Crippen LogP contribution in [0.4, 0.5) is 0 Å². The molecule has 1 aromatic carbocycles. The van der Waals surface area contributed by atoms with E-state index in [9.17, 15) is 4.79 Å². The SMILES string of the molecule is CCCN1CCC(=NNC(=O)c2cccc(Cl)c2)CC1. The average Bonchev–Trinajstić information content (AvgIpc) is 2.46. The number of nitrogens with one attached hydrogen (secondary N) is 1. The van der Waals surface area contributed by atoms with Crippen molar-refractivity contribution < 1.29 is 4.79 Å². The number of halogens is 1. The zero-order chi connectivity index (χ0) is 14.4. The number of benzene rings is 1. The van der Waals surface area contributed by atoms with Crippen molar-refractivity contribution in [3.63, 3.8) is 0 Å². The quantitative estimate of drug-likeness (QED) is 0.868. The van der Waals surface area contributed by atoms with Crippen LogP contribution in [0.5, 0.6) is 0 Å². The third-order valence-corrected chi connectivity index (χ3v) is 3.61. The van der Waals surface area contributed by atoms with Gasteiger partial charge >= 0.3 is 0 Å². The highest BCUT2D eigenvalue weighted by Crippen LogP contribution is 2.11. The van der Waals surface area contributed by atoms with Gasteiger partial charge in [-0.15, -0.1) is 0 Å². The molecular formula is C15H20ClN3O. The van der Waals surface area contributed by atoms with E-state index in [0.29, 0.717) is 10.6 Å². The summed E-state index contributed by atoms with van der Waals surface area (Å²) in [6.07, 6.45) is 3.03. The van der Waals surface area contributed by atoms with Crippen molar-refractivity contribution in [1.29, 1.82) is 0 Å². The number of amides is 1. The maximum absolute atomic E-state index is 11.9. The average molecular weight is 294 g/mol. The summed E-state index contributed by atoms with van der Waals surface area (Å²) in [4.78, 5) is 14.3. The first-order valence-electron chi connectivity index (χ1n) is 7.02. The molecule has 1 heterocycles. The highest BCUT2D eigenvalue weighted by molar-refractivity contribution is 6.30. The molecule has 1 fully saturated rings. The van der Waals surface area contributed by atoms with Crippen LogP contribution in [0.25, 0.3) is 0 Å². The summed E-state index contributed by atoms with van der Waals surface area (Å²) in [7, 11) is 0. The molecule has 1 aliphatic heterocycles. The maximum Gasteiger partial charge on any atom is 0.271 e. The lowest BCUT2D eigenvalue weighted by Crippen LogP contribution is -2.35. The predicted molar refractivity (Wildman–Crippen MR) is 82.3 cm³/mol. The van der Waals surface area contributed by atoms with Gasteiger partial charge in [0.05, 0.1) is 0 Å². The highest BCUT2D eigenvalue weighted by Gasteiger charge is 2.14. The number of carbonyl (C=O) groups excluding carboxylic acids is 1. The van der Waals surface area contributed by atoms with Gasteiger partial charge in [-0.2, -0.15) is 5.10 Å². The first-order valence-corrected chi connectivity index (χ1v) is 7.40. The van der Waals surface area contributed by atoms with Crippen molar-refractivity contribution in [2.45, 2.75) is 26.2 Å². The van der Waals surface area contributed by atoms with E-state index in [1.165, 1.54) is 6.42 Å². The molecule has 5 heteroatoms. The number of carbonyl (C=O) groups is 1. The van der Waals surface area contributed by atoms with Crippen LogP contribution in [0.1, 0.15) is 36.5 Å². The van der Waals surface area contributed by atoms with Crippen LogP contribution in [0.3, 0.4) is 0 Å². The predicted octanol–water partition coefficient (Wildman–Crippen LogP) is 2.93. The number of likely N-dealkylation sites (tertiary alicyclic amines) is 1. The second-order valence-corrected chi connectivity index (χ2v) is 5.41. The fourth-order valence-corrected chi connectivity index (χ4v) is 2.48. The molecule has 0 radical (unpaired) electrons. The number of rotatable bonds is 4. The molecule has 1 aliphatic rings. The van der Waals surface area contributed by atoms with Gasteiger partial charge in [-0.25, -0.2) is 5.43 Å². The molecule has 0 unspecified atom stereocenters. The smallest absolute Gasteiger partial charge is 0.271 e.